The lowest BCUT2D eigenvalue weighted by Crippen LogP contribution is -2.61. The molecule has 0 spiro atoms. The van der Waals surface area contributed by atoms with Gasteiger partial charge in [-0.3, -0.25) is 0 Å². The molecule has 2 aliphatic carbocycles. The van der Waals surface area contributed by atoms with Gasteiger partial charge in [0.25, 0.3) is 0 Å². The molecule has 3 unspecified atom stereocenters. The molecule has 2 rings (SSSR count). The highest BCUT2D eigenvalue weighted by Crippen LogP contribution is 2.48. The van der Waals surface area contributed by atoms with Crippen LogP contribution in [0.5, 0.6) is 0 Å². The number of methoxy groups -OCH3 is 1. The number of rotatable bonds is 3. The first kappa shape index (κ1) is 11.7. The summed E-state index contributed by atoms with van der Waals surface area (Å²) in [5.41, 5.74) is 5.98. The monoisotopic (exact) mass is 225 g/mol. The maximum atomic E-state index is 5.89. The zero-order chi connectivity index (χ0) is 11.9. The molecular weight excluding hydrogens is 202 g/mol. The van der Waals surface area contributed by atoms with Gasteiger partial charge in [0.1, 0.15) is 0 Å². The van der Waals surface area contributed by atoms with Crippen LogP contribution in [0.15, 0.2) is 4.99 Å². The van der Waals surface area contributed by atoms with Crippen LogP contribution >= 0.6 is 0 Å². The Balaban J connectivity index is 1.98. The van der Waals surface area contributed by atoms with Gasteiger partial charge in [0.05, 0.1) is 12.1 Å². The van der Waals surface area contributed by atoms with Crippen molar-refractivity contribution in [3.8, 4) is 0 Å². The molecule has 4 heteroatoms. The average molecular weight is 225 g/mol. The fourth-order valence-corrected chi connectivity index (χ4v) is 3.00. The lowest BCUT2D eigenvalue weighted by molar-refractivity contribution is -0.132. The highest BCUT2D eigenvalue weighted by atomic mass is 16.5. The van der Waals surface area contributed by atoms with E-state index in [1.807, 2.05) is 0 Å². The lowest BCUT2D eigenvalue weighted by Gasteiger charge is -2.54. The Hall–Kier alpha value is -0.770. The topological polar surface area (TPSA) is 59.6 Å². The summed E-state index contributed by atoms with van der Waals surface area (Å²) in [7, 11) is 1.77. The van der Waals surface area contributed by atoms with Gasteiger partial charge in [0.2, 0.25) is 0 Å². The Bertz CT molecular complexity index is 297. The van der Waals surface area contributed by atoms with Gasteiger partial charge in [-0.05, 0) is 12.8 Å². The molecule has 2 saturated carbocycles. The molecule has 92 valence electrons. The number of ether oxygens (including phenoxy) is 1. The Morgan fingerprint density at radius 2 is 2.06 bits per heavy atom. The molecule has 2 fully saturated rings. The average Bonchev–Trinajstić information content (AvgIpc) is 2.98. The molecule has 0 saturated heterocycles. The van der Waals surface area contributed by atoms with Gasteiger partial charge < -0.3 is 15.8 Å². The minimum absolute atomic E-state index is 0.0873. The SMILES string of the molecule is COC1C(C)C(N=C(N)NC2CC2)C1(C)C. The van der Waals surface area contributed by atoms with E-state index in [4.69, 9.17) is 10.5 Å². The molecule has 0 heterocycles. The largest absolute Gasteiger partial charge is 0.380 e. The molecule has 0 aromatic heterocycles. The third-order valence-corrected chi connectivity index (χ3v) is 3.93. The van der Waals surface area contributed by atoms with Crippen LogP contribution in [0.3, 0.4) is 0 Å². The van der Waals surface area contributed by atoms with Crippen LogP contribution in [0, 0.1) is 11.3 Å². The molecule has 0 bridgehead atoms. The van der Waals surface area contributed by atoms with E-state index in [0.717, 1.165) is 0 Å². The summed E-state index contributed by atoms with van der Waals surface area (Å²) < 4.78 is 5.49. The van der Waals surface area contributed by atoms with E-state index in [9.17, 15) is 0 Å². The highest BCUT2D eigenvalue weighted by molar-refractivity contribution is 5.78. The maximum Gasteiger partial charge on any atom is 0.189 e. The van der Waals surface area contributed by atoms with Gasteiger partial charge in [0.15, 0.2) is 5.96 Å². The van der Waals surface area contributed by atoms with Crippen molar-refractivity contribution in [1.29, 1.82) is 0 Å². The van der Waals surface area contributed by atoms with E-state index in [1.165, 1.54) is 12.8 Å². The van der Waals surface area contributed by atoms with Crippen molar-refractivity contribution in [2.45, 2.75) is 51.8 Å². The first-order valence-corrected chi connectivity index (χ1v) is 6.09. The van der Waals surface area contributed by atoms with Crippen molar-refractivity contribution >= 4 is 5.96 Å². The first-order chi connectivity index (χ1) is 7.46. The quantitative estimate of drug-likeness (QED) is 0.559. The molecule has 16 heavy (non-hydrogen) atoms. The van der Waals surface area contributed by atoms with E-state index in [0.29, 0.717) is 17.9 Å². The second kappa shape index (κ2) is 3.91. The Morgan fingerprint density at radius 1 is 1.44 bits per heavy atom. The number of nitrogens with zero attached hydrogens (tertiary/aromatic N) is 1. The fraction of sp³-hybridized carbons (Fsp3) is 0.917. The minimum atomic E-state index is 0.0873. The minimum Gasteiger partial charge on any atom is -0.380 e. The summed E-state index contributed by atoms with van der Waals surface area (Å²) in [5, 5.41) is 3.23. The van der Waals surface area contributed by atoms with E-state index < -0.39 is 0 Å². The smallest absolute Gasteiger partial charge is 0.189 e. The lowest BCUT2D eigenvalue weighted by atomic mass is 9.58. The summed E-state index contributed by atoms with van der Waals surface area (Å²) in [6.07, 6.45) is 2.73. The van der Waals surface area contributed by atoms with Crippen molar-refractivity contribution in [3.05, 3.63) is 0 Å². The van der Waals surface area contributed by atoms with Crippen LogP contribution in [0.1, 0.15) is 33.6 Å². The highest BCUT2D eigenvalue weighted by Gasteiger charge is 2.55. The fourth-order valence-electron chi connectivity index (χ4n) is 3.00. The Morgan fingerprint density at radius 3 is 2.50 bits per heavy atom. The second-order valence-corrected chi connectivity index (χ2v) is 5.71. The van der Waals surface area contributed by atoms with E-state index in [-0.39, 0.29) is 17.6 Å². The van der Waals surface area contributed by atoms with Gasteiger partial charge in [-0.2, -0.15) is 0 Å². The third-order valence-electron chi connectivity index (χ3n) is 3.93. The molecule has 0 radical (unpaired) electrons. The van der Waals surface area contributed by atoms with Crippen LogP contribution in [0.2, 0.25) is 0 Å². The number of hydrogen-bond acceptors (Lipinski definition) is 2. The van der Waals surface area contributed by atoms with Gasteiger partial charge in [-0.25, -0.2) is 4.99 Å². The van der Waals surface area contributed by atoms with Gasteiger partial charge in [-0.1, -0.05) is 20.8 Å². The van der Waals surface area contributed by atoms with Crippen molar-refractivity contribution in [2.75, 3.05) is 7.11 Å². The standard InChI is InChI=1S/C12H23N3O/c1-7-9(12(2,3)10(7)16-4)15-11(13)14-8-5-6-8/h7-10H,5-6H2,1-4H3,(H3,13,14,15). The van der Waals surface area contributed by atoms with Crippen LogP contribution in [0.4, 0.5) is 0 Å². The van der Waals surface area contributed by atoms with Crippen molar-refractivity contribution in [1.82, 2.24) is 5.32 Å². The zero-order valence-electron chi connectivity index (χ0n) is 10.7. The second-order valence-electron chi connectivity index (χ2n) is 5.71. The predicted octanol–water partition coefficient (Wildman–Crippen LogP) is 1.11. The van der Waals surface area contributed by atoms with Gasteiger partial charge >= 0.3 is 0 Å². The molecular formula is C12H23N3O. The van der Waals surface area contributed by atoms with E-state index >= 15 is 0 Å². The predicted molar refractivity (Wildman–Crippen MR) is 65.3 cm³/mol. The van der Waals surface area contributed by atoms with E-state index in [1.54, 1.807) is 7.11 Å². The summed E-state index contributed by atoms with van der Waals surface area (Å²) in [6.45, 7) is 6.57. The summed E-state index contributed by atoms with van der Waals surface area (Å²) in [6, 6.07) is 0.837. The molecule has 0 amide bonds. The Labute approximate surface area is 97.6 Å². The summed E-state index contributed by atoms with van der Waals surface area (Å²) >= 11 is 0. The van der Waals surface area contributed by atoms with Crippen LogP contribution in [-0.4, -0.2) is 31.3 Å². The van der Waals surface area contributed by atoms with E-state index in [2.05, 4.69) is 31.1 Å². The molecule has 2 aliphatic rings. The first-order valence-electron chi connectivity index (χ1n) is 6.09. The van der Waals surface area contributed by atoms with Crippen molar-refractivity contribution < 1.29 is 4.74 Å². The maximum absolute atomic E-state index is 5.89. The molecule has 3 atom stereocenters. The van der Waals surface area contributed by atoms with Crippen LogP contribution in [0.25, 0.3) is 0 Å². The van der Waals surface area contributed by atoms with Crippen LogP contribution in [-0.2, 0) is 4.74 Å². The number of guanidine groups is 1. The number of hydrogen-bond donors (Lipinski definition) is 2. The molecule has 4 nitrogen and oxygen atoms in total. The van der Waals surface area contributed by atoms with Crippen molar-refractivity contribution in [2.24, 2.45) is 22.1 Å². The van der Waals surface area contributed by atoms with Gasteiger partial charge in [0, 0.05) is 24.5 Å². The zero-order valence-corrected chi connectivity index (χ0v) is 10.7. The number of nitrogens with one attached hydrogen (secondary N) is 1. The molecule has 3 N–H and O–H groups in total. The molecule has 0 aromatic rings. The summed E-state index contributed by atoms with van der Waals surface area (Å²) in [4.78, 5) is 4.60. The van der Waals surface area contributed by atoms with Crippen molar-refractivity contribution in [3.63, 3.8) is 0 Å². The van der Waals surface area contributed by atoms with Crippen LogP contribution < -0.4 is 11.1 Å². The molecule has 0 aliphatic heterocycles. The Kier molecular flexibility index (Phi) is 2.86. The summed E-state index contributed by atoms with van der Waals surface area (Å²) in [5.74, 6) is 1.04. The molecule has 0 aromatic carbocycles. The van der Waals surface area contributed by atoms with Gasteiger partial charge in [-0.15, -0.1) is 0 Å². The number of aliphatic imine (C=N–C) groups is 1. The number of nitrogens with two attached hydrogens (primary N) is 1. The third kappa shape index (κ3) is 1.90. The normalized spacial score (nSPS) is 38.0.